The third kappa shape index (κ3) is 3.37. The fraction of sp³-hybridized carbons (Fsp3) is 0.136. The molecule has 0 saturated heterocycles. The van der Waals surface area contributed by atoms with E-state index >= 15 is 0 Å². The van der Waals surface area contributed by atoms with E-state index in [1.54, 1.807) is 4.90 Å². The first kappa shape index (κ1) is 17.9. The maximum atomic E-state index is 12.1. The number of anilines is 1. The van der Waals surface area contributed by atoms with Gasteiger partial charge in [0.25, 0.3) is 0 Å². The lowest BCUT2D eigenvalue weighted by Gasteiger charge is -2.15. The van der Waals surface area contributed by atoms with Gasteiger partial charge >= 0.3 is 6.03 Å². The summed E-state index contributed by atoms with van der Waals surface area (Å²) in [4.78, 5) is 17.7. The van der Waals surface area contributed by atoms with Gasteiger partial charge in [0.15, 0.2) is 0 Å². The Hall–Kier alpha value is -3.51. The van der Waals surface area contributed by atoms with Crippen LogP contribution in [0.2, 0.25) is 0 Å². The van der Waals surface area contributed by atoms with Crippen molar-refractivity contribution in [3.05, 3.63) is 66.2 Å². The minimum Gasteiger partial charge on any atom is -0.396 e. The smallest absolute Gasteiger partial charge is 0.348 e. The Bertz CT molecular complexity index is 1100. The highest BCUT2D eigenvalue weighted by Gasteiger charge is 2.24. The van der Waals surface area contributed by atoms with Crippen LogP contribution in [0.4, 0.5) is 10.5 Å². The largest absolute Gasteiger partial charge is 0.396 e. The van der Waals surface area contributed by atoms with E-state index in [2.05, 4.69) is 11.1 Å². The van der Waals surface area contributed by atoms with Gasteiger partial charge in [0.1, 0.15) is 5.84 Å². The highest BCUT2D eigenvalue weighted by atomic mass is 16.3. The van der Waals surface area contributed by atoms with Crippen LogP contribution >= 0.6 is 0 Å². The second kappa shape index (κ2) is 7.25. The molecule has 0 unspecified atom stereocenters. The molecule has 1 heterocycles. The number of hydrogen-bond acceptors (Lipinski definition) is 3. The molecule has 6 nitrogen and oxygen atoms in total. The predicted octanol–water partition coefficient (Wildman–Crippen LogP) is 3.55. The van der Waals surface area contributed by atoms with Crippen LogP contribution in [0.3, 0.4) is 0 Å². The van der Waals surface area contributed by atoms with Gasteiger partial charge in [0, 0.05) is 30.0 Å². The molecule has 1 aliphatic heterocycles. The van der Waals surface area contributed by atoms with Crippen LogP contribution in [-0.4, -0.2) is 35.8 Å². The average molecular weight is 372 g/mol. The van der Waals surface area contributed by atoms with E-state index in [0.29, 0.717) is 24.2 Å². The second-order valence-corrected chi connectivity index (χ2v) is 6.76. The Balaban J connectivity index is 1.58. The molecule has 0 bridgehead atoms. The van der Waals surface area contributed by atoms with E-state index in [4.69, 9.17) is 16.2 Å². The number of hydrogen-bond donors (Lipinski definition) is 3. The molecule has 140 valence electrons. The predicted molar refractivity (Wildman–Crippen MR) is 112 cm³/mol. The molecule has 28 heavy (non-hydrogen) atoms. The number of aliphatic hydroxyl groups is 1. The summed E-state index contributed by atoms with van der Waals surface area (Å²) in [5.74, 6) is 0.0594. The lowest BCUT2D eigenvalue weighted by atomic mass is 9.99. The summed E-state index contributed by atoms with van der Waals surface area (Å²) in [6, 6.07) is 19.4. The van der Waals surface area contributed by atoms with Crippen LogP contribution < -0.4 is 10.6 Å². The van der Waals surface area contributed by atoms with Gasteiger partial charge in [-0.05, 0) is 46.2 Å². The minimum atomic E-state index is -0.289. The summed E-state index contributed by atoms with van der Waals surface area (Å²) in [6.45, 7) is 0.419. The molecule has 3 aromatic rings. The topological polar surface area (TPSA) is 103 Å². The van der Waals surface area contributed by atoms with Crippen molar-refractivity contribution in [2.45, 2.75) is 6.42 Å². The molecule has 0 fully saturated rings. The summed E-state index contributed by atoms with van der Waals surface area (Å²) in [5.41, 5.74) is 9.88. The highest BCUT2D eigenvalue weighted by Crippen LogP contribution is 2.28. The number of amidine groups is 1. The summed E-state index contributed by atoms with van der Waals surface area (Å²) < 4.78 is 0. The van der Waals surface area contributed by atoms with Gasteiger partial charge in [-0.25, -0.2) is 9.79 Å². The maximum Gasteiger partial charge on any atom is 0.348 e. The molecule has 1 aliphatic rings. The van der Waals surface area contributed by atoms with Crippen molar-refractivity contribution in [2.24, 2.45) is 10.7 Å². The Morgan fingerprint density at radius 2 is 1.71 bits per heavy atom. The zero-order valence-corrected chi connectivity index (χ0v) is 15.2. The molecule has 4 rings (SSSR count). The third-order valence-electron chi connectivity index (χ3n) is 4.89. The van der Waals surface area contributed by atoms with E-state index in [9.17, 15) is 4.79 Å². The Kier molecular flexibility index (Phi) is 4.63. The molecule has 0 aliphatic carbocycles. The number of nitrogens with one attached hydrogen (secondary N) is 1. The number of nitrogens with two attached hydrogens (primary N) is 1. The number of carbonyl (C=O) groups is 1. The fourth-order valence-corrected chi connectivity index (χ4v) is 3.37. The zero-order chi connectivity index (χ0) is 19.7. The number of benzene rings is 3. The summed E-state index contributed by atoms with van der Waals surface area (Å²) in [5, 5.41) is 18.7. The first-order valence-electron chi connectivity index (χ1n) is 9.02. The Morgan fingerprint density at radius 1 is 1.04 bits per heavy atom. The highest BCUT2D eigenvalue weighted by molar-refractivity contribution is 6.12. The number of fused-ring (bicyclic) bond motifs is 1. The van der Waals surface area contributed by atoms with Gasteiger partial charge in [0.05, 0.1) is 6.54 Å². The summed E-state index contributed by atoms with van der Waals surface area (Å²) in [6.07, 6.45) is 0.419. The quantitative estimate of drug-likeness (QED) is 0.471. The summed E-state index contributed by atoms with van der Waals surface area (Å²) in [7, 11) is 0. The SMILES string of the molecule is N=C(N)c1ccc2cc(-c3ccc(N4CC(CCO)=NC4=O)cc3)ccc2c1. The number of nitrogens with zero attached hydrogens (tertiary/aromatic N) is 2. The van der Waals surface area contributed by atoms with Crippen molar-refractivity contribution in [1.82, 2.24) is 0 Å². The van der Waals surface area contributed by atoms with Crippen molar-refractivity contribution in [3.63, 3.8) is 0 Å². The van der Waals surface area contributed by atoms with E-state index in [-0.39, 0.29) is 18.5 Å². The third-order valence-corrected chi connectivity index (χ3v) is 4.89. The molecule has 3 aromatic carbocycles. The van der Waals surface area contributed by atoms with Crippen LogP contribution in [0.5, 0.6) is 0 Å². The molecule has 0 atom stereocenters. The van der Waals surface area contributed by atoms with Crippen LogP contribution in [0, 0.1) is 5.41 Å². The van der Waals surface area contributed by atoms with Crippen LogP contribution in [0.15, 0.2) is 65.7 Å². The normalized spacial score (nSPS) is 13.8. The number of aliphatic hydroxyl groups excluding tert-OH is 1. The van der Waals surface area contributed by atoms with Gasteiger partial charge in [-0.3, -0.25) is 10.3 Å². The fourth-order valence-electron chi connectivity index (χ4n) is 3.37. The molecule has 0 aromatic heterocycles. The summed E-state index contributed by atoms with van der Waals surface area (Å²) >= 11 is 0. The van der Waals surface area contributed by atoms with E-state index in [0.717, 1.165) is 27.6 Å². The molecule has 4 N–H and O–H groups in total. The number of amides is 2. The number of aliphatic imine (C=N–C) groups is 1. The van der Waals surface area contributed by atoms with Crippen molar-refractivity contribution in [1.29, 1.82) is 5.41 Å². The molecular weight excluding hydrogens is 352 g/mol. The lowest BCUT2D eigenvalue weighted by molar-refractivity contribution is 0.256. The van der Waals surface area contributed by atoms with Gasteiger partial charge in [-0.15, -0.1) is 0 Å². The van der Waals surface area contributed by atoms with E-state index in [1.165, 1.54) is 0 Å². The second-order valence-electron chi connectivity index (χ2n) is 6.76. The van der Waals surface area contributed by atoms with Gasteiger partial charge in [-0.1, -0.05) is 36.4 Å². The van der Waals surface area contributed by atoms with Gasteiger partial charge < -0.3 is 10.8 Å². The van der Waals surface area contributed by atoms with Crippen molar-refractivity contribution in [3.8, 4) is 11.1 Å². The first-order valence-corrected chi connectivity index (χ1v) is 9.02. The first-order chi connectivity index (χ1) is 13.5. The van der Waals surface area contributed by atoms with Crippen LogP contribution in [0.25, 0.3) is 21.9 Å². The van der Waals surface area contributed by atoms with Crippen molar-refractivity contribution >= 4 is 34.0 Å². The number of rotatable bonds is 5. The van der Waals surface area contributed by atoms with Gasteiger partial charge in [-0.2, -0.15) is 0 Å². The number of carbonyl (C=O) groups excluding carboxylic acids is 1. The molecule has 2 amide bonds. The Morgan fingerprint density at radius 3 is 2.43 bits per heavy atom. The Labute approximate surface area is 162 Å². The van der Waals surface area contributed by atoms with E-state index in [1.807, 2.05) is 54.6 Å². The van der Waals surface area contributed by atoms with Crippen molar-refractivity contribution in [2.75, 3.05) is 18.1 Å². The van der Waals surface area contributed by atoms with Gasteiger partial charge in [0.2, 0.25) is 0 Å². The molecule has 0 saturated carbocycles. The number of nitrogen functional groups attached to an aromatic ring is 1. The van der Waals surface area contributed by atoms with Crippen LogP contribution in [-0.2, 0) is 0 Å². The molecule has 0 radical (unpaired) electrons. The molecule has 6 heteroatoms. The minimum absolute atomic E-state index is 0.00519. The number of urea groups is 1. The van der Waals surface area contributed by atoms with Crippen LogP contribution in [0.1, 0.15) is 12.0 Å². The monoisotopic (exact) mass is 372 g/mol. The average Bonchev–Trinajstić information content (AvgIpc) is 3.07. The standard InChI is InChI=1S/C22H20N4O2/c23-21(24)18-4-3-16-11-15(1-2-17(16)12-18)14-5-7-20(8-6-14)26-13-19(9-10-27)25-22(26)28/h1-8,11-12,27H,9-10,13H2,(H3,23,24). The van der Waals surface area contributed by atoms with E-state index < -0.39 is 0 Å². The van der Waals surface area contributed by atoms with Crippen molar-refractivity contribution < 1.29 is 9.90 Å². The molecular formula is C22H20N4O2. The molecule has 0 spiro atoms. The zero-order valence-electron chi connectivity index (χ0n) is 15.2. The maximum absolute atomic E-state index is 12.1. The lowest BCUT2D eigenvalue weighted by Crippen LogP contribution is -2.26.